The van der Waals surface area contributed by atoms with Crippen molar-refractivity contribution in [3.8, 4) is 0 Å². The second-order valence-electron chi connectivity index (χ2n) is 7.13. The van der Waals surface area contributed by atoms with Crippen molar-refractivity contribution in [1.29, 1.82) is 0 Å². The van der Waals surface area contributed by atoms with Crippen LogP contribution in [0.15, 0.2) is 52.6 Å². The average molecular weight is 412 g/mol. The van der Waals surface area contributed by atoms with E-state index in [-0.39, 0.29) is 23.0 Å². The number of nitrogens with zero attached hydrogens (tertiary/aromatic N) is 4. The zero-order valence-electron chi connectivity index (χ0n) is 15.8. The van der Waals surface area contributed by atoms with Gasteiger partial charge in [0.05, 0.1) is 16.9 Å². The standard InChI is InChI=1S/C20H22ClN7O/c21-16-13(7-6-12-24-16)17(29)25-14-8-2-3-9-15(14)28-19(23)26-18(22)27-20(28)10-4-1-5-11-20/h2-3,6-9,12H,1,4-5,10-11H2,(H,25,29)(H4,22,23,26,27). The van der Waals surface area contributed by atoms with Gasteiger partial charge in [-0.15, -0.1) is 0 Å². The number of rotatable bonds is 3. The predicted octanol–water partition coefficient (Wildman–Crippen LogP) is 3.10. The zero-order chi connectivity index (χ0) is 20.4. The summed E-state index contributed by atoms with van der Waals surface area (Å²) in [5, 5.41) is 3.06. The molecule has 29 heavy (non-hydrogen) atoms. The Morgan fingerprint density at radius 3 is 2.62 bits per heavy atom. The summed E-state index contributed by atoms with van der Waals surface area (Å²) in [4.78, 5) is 27.5. The van der Waals surface area contributed by atoms with Crippen molar-refractivity contribution in [2.75, 3.05) is 10.2 Å². The Morgan fingerprint density at radius 2 is 1.86 bits per heavy atom. The summed E-state index contributed by atoms with van der Waals surface area (Å²) in [6, 6.07) is 10.7. The molecule has 8 nitrogen and oxygen atoms in total. The fraction of sp³-hybridized carbons (Fsp3) is 0.300. The van der Waals surface area contributed by atoms with Crippen LogP contribution in [-0.2, 0) is 0 Å². The van der Waals surface area contributed by atoms with Crippen molar-refractivity contribution in [3.05, 3.63) is 53.3 Å². The first kappa shape index (κ1) is 19.2. The summed E-state index contributed by atoms with van der Waals surface area (Å²) in [5.74, 6) is 0.0913. The summed E-state index contributed by atoms with van der Waals surface area (Å²) >= 11 is 6.08. The molecule has 0 unspecified atom stereocenters. The van der Waals surface area contributed by atoms with Gasteiger partial charge in [-0.1, -0.05) is 30.2 Å². The molecule has 1 aromatic heterocycles. The Hall–Kier alpha value is -3.13. The van der Waals surface area contributed by atoms with Gasteiger partial charge in [-0.2, -0.15) is 4.99 Å². The second kappa shape index (κ2) is 7.71. The number of nitrogens with two attached hydrogens (primary N) is 2. The topological polar surface area (TPSA) is 122 Å². The molecule has 1 saturated carbocycles. The van der Waals surface area contributed by atoms with Gasteiger partial charge in [0.2, 0.25) is 11.9 Å². The first-order chi connectivity index (χ1) is 14.0. The van der Waals surface area contributed by atoms with Crippen molar-refractivity contribution in [2.45, 2.75) is 37.8 Å². The number of nitrogens with one attached hydrogen (secondary N) is 1. The summed E-state index contributed by atoms with van der Waals surface area (Å²) < 4.78 is 0. The largest absolute Gasteiger partial charge is 0.369 e. The van der Waals surface area contributed by atoms with E-state index in [9.17, 15) is 4.79 Å². The van der Waals surface area contributed by atoms with Gasteiger partial charge in [0.15, 0.2) is 0 Å². The molecule has 2 aliphatic rings. The van der Waals surface area contributed by atoms with Crippen molar-refractivity contribution < 1.29 is 4.79 Å². The van der Waals surface area contributed by atoms with E-state index in [2.05, 4.69) is 20.3 Å². The van der Waals surface area contributed by atoms with Gasteiger partial charge in [-0.05, 0) is 49.9 Å². The van der Waals surface area contributed by atoms with Crippen molar-refractivity contribution >= 4 is 40.8 Å². The number of carbonyl (C=O) groups excluding carboxylic acids is 1. The highest BCUT2D eigenvalue weighted by Gasteiger charge is 2.43. The fourth-order valence-corrected chi connectivity index (χ4v) is 4.19. The molecule has 5 N–H and O–H groups in total. The molecular weight excluding hydrogens is 390 g/mol. The maximum Gasteiger partial charge on any atom is 0.258 e. The number of aliphatic imine (C=N–C) groups is 2. The zero-order valence-corrected chi connectivity index (χ0v) is 16.6. The number of amides is 1. The molecule has 1 aliphatic heterocycles. The lowest BCUT2D eigenvalue weighted by atomic mass is 9.87. The van der Waals surface area contributed by atoms with E-state index in [1.807, 2.05) is 29.2 Å². The van der Waals surface area contributed by atoms with E-state index in [1.165, 1.54) is 6.20 Å². The number of carbonyl (C=O) groups is 1. The Morgan fingerprint density at radius 1 is 1.10 bits per heavy atom. The number of aromatic nitrogens is 1. The van der Waals surface area contributed by atoms with Crippen LogP contribution >= 0.6 is 11.6 Å². The van der Waals surface area contributed by atoms with Crippen LogP contribution in [0.3, 0.4) is 0 Å². The predicted molar refractivity (Wildman–Crippen MR) is 115 cm³/mol. The van der Waals surface area contributed by atoms with Crippen LogP contribution in [0.5, 0.6) is 0 Å². The van der Waals surface area contributed by atoms with Gasteiger partial charge in [0.1, 0.15) is 10.8 Å². The maximum absolute atomic E-state index is 12.8. The van der Waals surface area contributed by atoms with Crippen LogP contribution < -0.4 is 21.7 Å². The Bertz CT molecular complexity index is 998. The molecule has 0 radical (unpaired) electrons. The normalized spacial score (nSPS) is 18.2. The number of guanidine groups is 2. The Balaban J connectivity index is 1.73. The van der Waals surface area contributed by atoms with Gasteiger partial charge in [0.25, 0.3) is 5.91 Å². The molecule has 9 heteroatoms. The van der Waals surface area contributed by atoms with Gasteiger partial charge in [-0.25, -0.2) is 9.98 Å². The molecule has 2 heterocycles. The van der Waals surface area contributed by atoms with Crippen molar-refractivity contribution in [1.82, 2.24) is 4.98 Å². The minimum Gasteiger partial charge on any atom is -0.369 e. The van der Waals surface area contributed by atoms with Crippen molar-refractivity contribution in [2.24, 2.45) is 21.5 Å². The van der Waals surface area contributed by atoms with Gasteiger partial charge in [0, 0.05) is 6.20 Å². The van der Waals surface area contributed by atoms with Crippen LogP contribution in [0.2, 0.25) is 5.15 Å². The number of hydrogen-bond donors (Lipinski definition) is 3. The molecule has 1 aromatic carbocycles. The highest BCUT2D eigenvalue weighted by molar-refractivity contribution is 6.33. The van der Waals surface area contributed by atoms with Crippen LogP contribution in [0, 0.1) is 0 Å². The molecule has 0 atom stereocenters. The molecular formula is C20H22ClN7O. The summed E-state index contributed by atoms with van der Waals surface area (Å²) in [7, 11) is 0. The quantitative estimate of drug-likeness (QED) is 0.670. The highest BCUT2D eigenvalue weighted by atomic mass is 35.5. The lowest BCUT2D eigenvalue weighted by Crippen LogP contribution is -2.58. The van der Waals surface area contributed by atoms with E-state index in [0.717, 1.165) is 32.1 Å². The first-order valence-electron chi connectivity index (χ1n) is 9.51. The van der Waals surface area contributed by atoms with E-state index < -0.39 is 5.66 Å². The van der Waals surface area contributed by atoms with Crippen LogP contribution in [0.4, 0.5) is 11.4 Å². The highest BCUT2D eigenvalue weighted by Crippen LogP contribution is 2.41. The smallest absolute Gasteiger partial charge is 0.258 e. The number of pyridine rings is 1. The van der Waals surface area contributed by atoms with Crippen LogP contribution in [0.1, 0.15) is 42.5 Å². The number of benzene rings is 1. The van der Waals surface area contributed by atoms with E-state index in [0.29, 0.717) is 16.9 Å². The SMILES string of the molecule is NC1=NC2(CCCCC2)N(c2ccccc2NC(=O)c2cccnc2Cl)C(N)=N1. The molecule has 150 valence electrons. The summed E-state index contributed by atoms with van der Waals surface area (Å²) in [6.45, 7) is 0. The third kappa shape index (κ3) is 3.63. The Kier molecular flexibility index (Phi) is 5.10. The minimum atomic E-state index is -0.596. The lowest BCUT2D eigenvalue weighted by Gasteiger charge is -2.46. The van der Waals surface area contributed by atoms with E-state index in [4.69, 9.17) is 23.1 Å². The lowest BCUT2D eigenvalue weighted by molar-refractivity contribution is 0.102. The van der Waals surface area contributed by atoms with E-state index in [1.54, 1.807) is 12.1 Å². The van der Waals surface area contributed by atoms with Gasteiger partial charge < -0.3 is 16.8 Å². The maximum atomic E-state index is 12.8. The van der Waals surface area contributed by atoms with E-state index >= 15 is 0 Å². The Labute approximate surface area is 173 Å². The molecule has 2 aromatic rings. The third-order valence-electron chi connectivity index (χ3n) is 5.25. The third-order valence-corrected chi connectivity index (χ3v) is 5.55. The average Bonchev–Trinajstić information content (AvgIpc) is 2.69. The molecule has 0 bridgehead atoms. The molecule has 1 spiro atoms. The number of para-hydroxylation sites is 2. The molecule has 1 fully saturated rings. The van der Waals surface area contributed by atoms with Gasteiger partial charge >= 0.3 is 0 Å². The van der Waals surface area contributed by atoms with Crippen LogP contribution in [-0.4, -0.2) is 28.5 Å². The summed E-state index contributed by atoms with van der Waals surface area (Å²) in [6.07, 6.45) is 6.31. The monoisotopic (exact) mass is 411 g/mol. The number of anilines is 2. The first-order valence-corrected chi connectivity index (χ1v) is 9.89. The summed E-state index contributed by atoms with van der Waals surface area (Å²) in [5.41, 5.74) is 13.2. The van der Waals surface area contributed by atoms with Crippen molar-refractivity contribution in [3.63, 3.8) is 0 Å². The fourth-order valence-electron chi connectivity index (χ4n) is 3.99. The molecule has 1 aliphatic carbocycles. The molecule has 4 rings (SSSR count). The molecule has 1 amide bonds. The van der Waals surface area contributed by atoms with Gasteiger partial charge in [-0.3, -0.25) is 9.69 Å². The van der Waals surface area contributed by atoms with Crippen LogP contribution in [0.25, 0.3) is 0 Å². The second-order valence-corrected chi connectivity index (χ2v) is 7.49. The minimum absolute atomic E-state index is 0.141. The molecule has 0 saturated heterocycles. The number of halogens is 1. The number of hydrogen-bond acceptors (Lipinski definition) is 7.